The monoisotopic (exact) mass is 649 g/mol. The number of carbonyl (C=O) groups excluding carboxylic acids is 1. The number of ether oxygens (including phenoxy) is 6. The van der Waals surface area contributed by atoms with Gasteiger partial charge in [-0.3, -0.25) is 4.79 Å². The second-order valence-corrected chi connectivity index (χ2v) is 12.0. The molecule has 1 aromatic rings. The van der Waals surface area contributed by atoms with Crippen LogP contribution in [0.3, 0.4) is 0 Å². The molecule has 254 valence electrons. The first kappa shape index (κ1) is 34.1. The first-order chi connectivity index (χ1) is 22.1. The third kappa shape index (κ3) is 7.65. The number of allylic oxidation sites excluding steroid dienone is 1. The molecule has 4 aliphatic rings. The van der Waals surface area contributed by atoms with E-state index in [2.05, 4.69) is 4.90 Å². The van der Waals surface area contributed by atoms with Crippen LogP contribution in [0.4, 0.5) is 0 Å². The summed E-state index contributed by atoms with van der Waals surface area (Å²) < 4.78 is 33.8. The number of benzene rings is 1. The maximum Gasteiger partial charge on any atom is 0.339 e. The van der Waals surface area contributed by atoms with Crippen molar-refractivity contribution in [3.8, 4) is 11.5 Å². The highest BCUT2D eigenvalue weighted by Gasteiger charge is 2.45. The predicted octanol–water partition coefficient (Wildman–Crippen LogP) is 0.591. The lowest BCUT2D eigenvalue weighted by atomic mass is 9.87. The number of aliphatic carboxylic acids is 1. The van der Waals surface area contributed by atoms with Gasteiger partial charge < -0.3 is 58.9 Å². The Bertz CT molecular complexity index is 1300. The largest absolute Gasteiger partial charge is 0.497 e. The van der Waals surface area contributed by atoms with Gasteiger partial charge in [-0.05, 0) is 61.6 Å². The van der Waals surface area contributed by atoms with Crippen molar-refractivity contribution in [1.29, 1.82) is 0 Å². The van der Waals surface area contributed by atoms with Crippen LogP contribution in [0, 0.1) is 0 Å². The smallest absolute Gasteiger partial charge is 0.339 e. The van der Waals surface area contributed by atoms with Crippen molar-refractivity contribution in [1.82, 2.24) is 4.90 Å². The molecule has 5 unspecified atom stereocenters. The van der Waals surface area contributed by atoms with Gasteiger partial charge in [-0.15, -0.1) is 0 Å². The van der Waals surface area contributed by atoms with E-state index in [1.54, 1.807) is 0 Å². The Morgan fingerprint density at radius 3 is 2.61 bits per heavy atom. The molecule has 2 bridgehead atoms. The van der Waals surface area contributed by atoms with E-state index in [9.17, 15) is 35.1 Å². The molecule has 4 aliphatic heterocycles. The molecule has 0 aliphatic carbocycles. The first-order valence-electron chi connectivity index (χ1n) is 15.6. The number of rotatable bonds is 11. The molecular formula is C32H43NO13. The molecule has 0 amide bonds. The number of carboxylic acid groups (broad SMARTS) is 1. The molecule has 46 heavy (non-hydrogen) atoms. The van der Waals surface area contributed by atoms with Crippen LogP contribution in [0.5, 0.6) is 11.5 Å². The zero-order chi connectivity index (χ0) is 32.8. The van der Waals surface area contributed by atoms with Crippen LogP contribution < -0.4 is 9.47 Å². The third-order valence-corrected chi connectivity index (χ3v) is 8.88. The summed E-state index contributed by atoms with van der Waals surface area (Å²) in [5.74, 6) is -1.30. The van der Waals surface area contributed by atoms with E-state index in [4.69, 9.17) is 28.4 Å². The molecule has 0 saturated carbocycles. The van der Waals surface area contributed by atoms with Gasteiger partial charge in [-0.1, -0.05) is 12.2 Å². The Kier molecular flexibility index (Phi) is 11.2. The van der Waals surface area contributed by atoms with E-state index in [1.807, 2.05) is 18.2 Å². The molecule has 14 heteroatoms. The van der Waals surface area contributed by atoms with E-state index in [0.29, 0.717) is 30.2 Å². The van der Waals surface area contributed by atoms with E-state index in [1.165, 1.54) is 19.3 Å². The summed E-state index contributed by atoms with van der Waals surface area (Å²) in [4.78, 5) is 27.9. The number of carbonyl (C=O) groups is 2. The number of aliphatic hydroxyl groups excluding tert-OH is 3. The summed E-state index contributed by atoms with van der Waals surface area (Å²) in [6, 6.07) is 3.86. The molecule has 0 aromatic heterocycles. The molecule has 1 fully saturated rings. The highest BCUT2D eigenvalue weighted by Crippen LogP contribution is 2.42. The fourth-order valence-corrected chi connectivity index (χ4v) is 6.35. The fourth-order valence-electron chi connectivity index (χ4n) is 6.35. The number of methoxy groups -OCH3 is 1. The number of esters is 1. The summed E-state index contributed by atoms with van der Waals surface area (Å²) in [5.41, 5.74) is -0.512. The average molecular weight is 650 g/mol. The topological polar surface area (TPSA) is 194 Å². The van der Waals surface area contributed by atoms with E-state index in [-0.39, 0.29) is 13.4 Å². The minimum absolute atomic E-state index is 0.108. The number of fused-ring (bicyclic) bond motifs is 5. The van der Waals surface area contributed by atoms with Gasteiger partial charge in [-0.25, -0.2) is 4.79 Å². The molecule has 1 saturated heterocycles. The van der Waals surface area contributed by atoms with Gasteiger partial charge in [0.25, 0.3) is 0 Å². The lowest BCUT2D eigenvalue weighted by molar-refractivity contribution is -0.176. The van der Waals surface area contributed by atoms with Crippen molar-refractivity contribution in [2.75, 3.05) is 46.8 Å². The Labute approximate surface area is 266 Å². The number of aliphatic hydroxyl groups is 4. The number of hydrogen-bond donors (Lipinski definition) is 5. The van der Waals surface area contributed by atoms with Gasteiger partial charge >= 0.3 is 11.9 Å². The quantitative estimate of drug-likeness (QED) is 0.165. The lowest BCUT2D eigenvalue weighted by Crippen LogP contribution is -2.46. The number of hydrogen-bond acceptors (Lipinski definition) is 13. The minimum Gasteiger partial charge on any atom is -0.497 e. The van der Waals surface area contributed by atoms with Crippen molar-refractivity contribution in [3.63, 3.8) is 0 Å². The van der Waals surface area contributed by atoms with Gasteiger partial charge in [0.15, 0.2) is 29.5 Å². The lowest BCUT2D eigenvalue weighted by Gasteiger charge is -2.34. The maximum absolute atomic E-state index is 13.8. The molecule has 8 atom stereocenters. The highest BCUT2D eigenvalue weighted by molar-refractivity contribution is 5.85. The van der Waals surface area contributed by atoms with Crippen molar-refractivity contribution < 1.29 is 63.5 Å². The predicted molar refractivity (Wildman–Crippen MR) is 159 cm³/mol. The second kappa shape index (κ2) is 15.1. The van der Waals surface area contributed by atoms with Crippen molar-refractivity contribution in [2.24, 2.45) is 0 Å². The van der Waals surface area contributed by atoms with Gasteiger partial charge in [0.2, 0.25) is 6.79 Å². The highest BCUT2D eigenvalue weighted by atomic mass is 16.7. The van der Waals surface area contributed by atoms with Crippen LogP contribution in [-0.2, 0) is 35.0 Å². The van der Waals surface area contributed by atoms with Crippen LogP contribution in [0.2, 0.25) is 0 Å². The first-order valence-corrected chi connectivity index (χ1v) is 15.6. The summed E-state index contributed by atoms with van der Waals surface area (Å²) in [6.07, 6.45) is 0.764. The number of nitrogens with zero attached hydrogens (tertiary/aromatic N) is 1. The van der Waals surface area contributed by atoms with Crippen LogP contribution in [-0.4, -0.2) is 125 Å². The SMILES string of the molecule is CO/C1=C/CCCCN2CCc3cc4c(cc3[C@@H](C2)[C@@H]1OC(=O)[C@@](O)(C/C=C/COC1OC(CO)C(O)C1O)CC(=O)O)OCO4. The molecule has 1 aromatic carbocycles. The zero-order valence-electron chi connectivity index (χ0n) is 25.8. The third-order valence-electron chi connectivity index (χ3n) is 8.88. The molecule has 5 rings (SSSR count). The average Bonchev–Trinajstić information content (AvgIpc) is 3.55. The molecule has 0 spiro atoms. The minimum atomic E-state index is -2.43. The summed E-state index contributed by atoms with van der Waals surface area (Å²) >= 11 is 0. The van der Waals surface area contributed by atoms with Crippen molar-refractivity contribution >= 4 is 11.9 Å². The van der Waals surface area contributed by atoms with Crippen molar-refractivity contribution in [3.05, 3.63) is 47.2 Å². The maximum atomic E-state index is 13.8. The van der Waals surface area contributed by atoms with Crippen LogP contribution in [0.25, 0.3) is 0 Å². The molecule has 14 nitrogen and oxygen atoms in total. The van der Waals surface area contributed by atoms with E-state index < -0.39 is 73.6 Å². The fraction of sp³-hybridized carbons (Fsp3) is 0.625. The Hall–Kier alpha value is -3.24. The summed E-state index contributed by atoms with van der Waals surface area (Å²) in [6.45, 7) is 1.61. The van der Waals surface area contributed by atoms with Gasteiger partial charge in [0.05, 0.1) is 26.7 Å². The van der Waals surface area contributed by atoms with Gasteiger partial charge in [-0.2, -0.15) is 0 Å². The molecule has 4 heterocycles. The Morgan fingerprint density at radius 2 is 1.89 bits per heavy atom. The van der Waals surface area contributed by atoms with Crippen molar-refractivity contribution in [2.45, 2.75) is 80.7 Å². The number of carboxylic acids is 1. The molecule has 5 N–H and O–H groups in total. The van der Waals surface area contributed by atoms with Crippen LogP contribution in [0.1, 0.15) is 49.1 Å². The van der Waals surface area contributed by atoms with Gasteiger partial charge in [0.1, 0.15) is 24.1 Å². The molecular weight excluding hydrogens is 606 g/mol. The summed E-state index contributed by atoms with van der Waals surface area (Å²) in [7, 11) is 1.49. The standard InChI is InChI=1S/C32H43NO13/c1-41-22-7-3-2-5-10-33-11-8-19-13-23-24(44-18-43-23)14-20(19)21(16-33)29(22)46-31(39)32(40,15-26(35)36)9-4-6-12-42-30-28(38)27(37)25(17-34)45-30/h4,6-7,13-14,21,25,27-30,34,37-38,40H,2-3,5,8-12,15-18H2,1H3,(H,35,36)/b6-4+,22-7+/t21-,25?,27?,28?,29+,30?,32-/m1/s1. The van der Waals surface area contributed by atoms with E-state index >= 15 is 0 Å². The van der Waals surface area contributed by atoms with Crippen LogP contribution >= 0.6 is 0 Å². The van der Waals surface area contributed by atoms with Crippen LogP contribution in [0.15, 0.2) is 36.1 Å². The zero-order valence-corrected chi connectivity index (χ0v) is 25.8. The Morgan fingerprint density at radius 1 is 1.11 bits per heavy atom. The molecule has 0 radical (unpaired) electrons. The van der Waals surface area contributed by atoms with Gasteiger partial charge in [0, 0.05) is 25.4 Å². The summed E-state index contributed by atoms with van der Waals surface area (Å²) in [5, 5.41) is 50.2. The second-order valence-electron chi connectivity index (χ2n) is 12.0. The normalized spacial score (nSPS) is 31.7. The van der Waals surface area contributed by atoms with E-state index in [0.717, 1.165) is 43.5 Å². The Balaban J connectivity index is 1.37.